The van der Waals surface area contributed by atoms with Crippen LogP contribution in [0.5, 0.6) is 11.5 Å². The molecule has 4 heteroatoms. The van der Waals surface area contributed by atoms with E-state index in [1.54, 1.807) is 12.3 Å². The number of nitrogens with zero attached hydrogens (tertiary/aromatic N) is 2. The highest BCUT2D eigenvalue weighted by Gasteiger charge is 2.22. The van der Waals surface area contributed by atoms with Gasteiger partial charge in [0.15, 0.2) is 11.5 Å². The smallest absolute Gasteiger partial charge is 0.158 e. The molecule has 1 heterocycles. The van der Waals surface area contributed by atoms with Gasteiger partial charge >= 0.3 is 0 Å². The van der Waals surface area contributed by atoms with Crippen molar-refractivity contribution in [2.24, 2.45) is 5.10 Å². The first-order valence-corrected chi connectivity index (χ1v) is 6.42. The van der Waals surface area contributed by atoms with E-state index >= 15 is 0 Å². The minimum atomic E-state index is -0.112. The Hall–Kier alpha value is -1.71. The van der Waals surface area contributed by atoms with Crippen molar-refractivity contribution in [1.29, 1.82) is 0 Å². The quantitative estimate of drug-likeness (QED) is 0.625. The van der Waals surface area contributed by atoms with Crippen molar-refractivity contribution in [1.82, 2.24) is 5.01 Å². The standard InChI is InChI=1S/C14H20N2O2/c1-10-4-3-5-11(2)16(10)15-9-12-6-7-13(17)14(18)8-12/h6-11,17-18H,3-5H2,1-2H3/b15-9+/t10-,11-/m0/s1. The lowest BCUT2D eigenvalue weighted by atomic mass is 10.00. The van der Waals surface area contributed by atoms with Gasteiger partial charge in [-0.1, -0.05) is 0 Å². The van der Waals surface area contributed by atoms with E-state index in [2.05, 4.69) is 24.0 Å². The minimum absolute atomic E-state index is 0.105. The van der Waals surface area contributed by atoms with E-state index in [9.17, 15) is 10.2 Å². The molecule has 1 aromatic rings. The maximum atomic E-state index is 9.42. The zero-order valence-electron chi connectivity index (χ0n) is 10.9. The number of benzene rings is 1. The molecule has 1 aliphatic heterocycles. The second-order valence-electron chi connectivity index (χ2n) is 5.00. The van der Waals surface area contributed by atoms with Crippen molar-refractivity contribution in [2.75, 3.05) is 0 Å². The molecular weight excluding hydrogens is 228 g/mol. The van der Waals surface area contributed by atoms with Crippen LogP contribution in [0, 0.1) is 0 Å². The van der Waals surface area contributed by atoms with Crippen molar-refractivity contribution < 1.29 is 10.2 Å². The molecule has 0 bridgehead atoms. The Morgan fingerprint density at radius 1 is 1.17 bits per heavy atom. The molecule has 4 nitrogen and oxygen atoms in total. The molecule has 0 saturated carbocycles. The Balaban J connectivity index is 2.11. The van der Waals surface area contributed by atoms with Crippen molar-refractivity contribution >= 4 is 6.21 Å². The second kappa shape index (κ2) is 5.29. The summed E-state index contributed by atoms with van der Waals surface area (Å²) >= 11 is 0. The molecule has 0 unspecified atom stereocenters. The maximum absolute atomic E-state index is 9.42. The van der Waals surface area contributed by atoms with E-state index in [4.69, 9.17) is 0 Å². The van der Waals surface area contributed by atoms with Crippen LogP contribution < -0.4 is 0 Å². The molecule has 2 N–H and O–H groups in total. The van der Waals surface area contributed by atoms with Gasteiger partial charge in [-0.3, -0.25) is 5.01 Å². The average Bonchev–Trinajstić information content (AvgIpc) is 2.33. The Kier molecular flexibility index (Phi) is 3.75. The van der Waals surface area contributed by atoms with Gasteiger partial charge in [0.1, 0.15) is 0 Å². The summed E-state index contributed by atoms with van der Waals surface area (Å²) < 4.78 is 0. The third-order valence-electron chi connectivity index (χ3n) is 3.49. The lowest BCUT2D eigenvalue weighted by Gasteiger charge is -2.36. The number of hydrazone groups is 1. The van der Waals surface area contributed by atoms with Gasteiger partial charge in [0.05, 0.1) is 6.21 Å². The molecular formula is C14H20N2O2. The van der Waals surface area contributed by atoms with Crippen LogP contribution >= 0.6 is 0 Å². The Bertz CT molecular complexity index is 435. The first-order valence-electron chi connectivity index (χ1n) is 6.42. The molecule has 0 radical (unpaired) electrons. The molecule has 2 atom stereocenters. The third-order valence-corrected chi connectivity index (χ3v) is 3.49. The van der Waals surface area contributed by atoms with E-state index in [1.807, 2.05) is 0 Å². The summed E-state index contributed by atoms with van der Waals surface area (Å²) in [5.41, 5.74) is 0.787. The fourth-order valence-electron chi connectivity index (χ4n) is 2.39. The summed E-state index contributed by atoms with van der Waals surface area (Å²) in [4.78, 5) is 0. The number of phenols is 2. The summed E-state index contributed by atoms with van der Waals surface area (Å²) in [6.07, 6.45) is 5.33. The minimum Gasteiger partial charge on any atom is -0.504 e. The lowest BCUT2D eigenvalue weighted by Crippen LogP contribution is -2.39. The lowest BCUT2D eigenvalue weighted by molar-refractivity contribution is 0.109. The Labute approximate surface area is 108 Å². The largest absolute Gasteiger partial charge is 0.504 e. The van der Waals surface area contributed by atoms with Crippen LogP contribution in [0.3, 0.4) is 0 Å². The van der Waals surface area contributed by atoms with Crippen molar-refractivity contribution in [3.8, 4) is 11.5 Å². The van der Waals surface area contributed by atoms with Crippen LogP contribution in [0.25, 0.3) is 0 Å². The van der Waals surface area contributed by atoms with E-state index < -0.39 is 0 Å². The van der Waals surface area contributed by atoms with Gasteiger partial charge in [0, 0.05) is 12.1 Å². The van der Waals surface area contributed by atoms with Crippen molar-refractivity contribution in [3.63, 3.8) is 0 Å². The molecule has 0 aromatic heterocycles. The molecule has 0 spiro atoms. The van der Waals surface area contributed by atoms with Gasteiger partial charge in [0.25, 0.3) is 0 Å². The van der Waals surface area contributed by atoms with Crippen LogP contribution in [0.2, 0.25) is 0 Å². The first-order chi connectivity index (χ1) is 8.58. The van der Waals surface area contributed by atoms with Gasteiger partial charge < -0.3 is 10.2 Å². The molecule has 98 valence electrons. The van der Waals surface area contributed by atoms with E-state index in [-0.39, 0.29) is 11.5 Å². The highest BCUT2D eigenvalue weighted by molar-refractivity contribution is 5.80. The maximum Gasteiger partial charge on any atom is 0.158 e. The van der Waals surface area contributed by atoms with Crippen molar-refractivity contribution in [2.45, 2.75) is 45.2 Å². The van der Waals surface area contributed by atoms with Gasteiger partial charge in [-0.2, -0.15) is 5.10 Å². The molecule has 1 saturated heterocycles. The highest BCUT2D eigenvalue weighted by atomic mass is 16.3. The van der Waals surface area contributed by atoms with Gasteiger partial charge in [0.2, 0.25) is 0 Å². The molecule has 1 fully saturated rings. The zero-order valence-corrected chi connectivity index (χ0v) is 10.9. The zero-order chi connectivity index (χ0) is 13.1. The summed E-state index contributed by atoms with van der Waals surface area (Å²) in [5.74, 6) is -0.217. The molecule has 1 aliphatic rings. The Morgan fingerprint density at radius 3 is 2.44 bits per heavy atom. The molecule has 18 heavy (non-hydrogen) atoms. The second-order valence-corrected chi connectivity index (χ2v) is 5.00. The van der Waals surface area contributed by atoms with E-state index in [1.165, 1.54) is 31.4 Å². The summed E-state index contributed by atoms with van der Waals surface area (Å²) in [6, 6.07) is 5.63. The van der Waals surface area contributed by atoms with Crippen molar-refractivity contribution in [3.05, 3.63) is 23.8 Å². The topological polar surface area (TPSA) is 56.1 Å². The van der Waals surface area contributed by atoms with Crippen LogP contribution in [-0.4, -0.2) is 33.5 Å². The Morgan fingerprint density at radius 2 is 1.83 bits per heavy atom. The first kappa shape index (κ1) is 12.7. The molecule has 0 aliphatic carbocycles. The van der Waals surface area contributed by atoms with Crippen LogP contribution in [0.1, 0.15) is 38.7 Å². The number of aromatic hydroxyl groups is 2. The fourth-order valence-corrected chi connectivity index (χ4v) is 2.39. The van der Waals surface area contributed by atoms with E-state index in [0.29, 0.717) is 12.1 Å². The summed E-state index contributed by atoms with van der Waals surface area (Å²) in [7, 11) is 0. The predicted octanol–water partition coefficient (Wildman–Crippen LogP) is 2.69. The van der Waals surface area contributed by atoms with Gasteiger partial charge in [-0.05, 0) is 56.9 Å². The molecule has 2 rings (SSSR count). The summed E-state index contributed by atoms with van der Waals surface area (Å²) in [5, 5.41) is 25.3. The van der Waals surface area contributed by atoms with Crippen LogP contribution in [0.15, 0.2) is 23.3 Å². The number of piperidine rings is 1. The molecule has 1 aromatic carbocycles. The number of phenolic OH excluding ortho intramolecular Hbond substituents is 2. The fraction of sp³-hybridized carbons (Fsp3) is 0.500. The SMILES string of the molecule is C[C@H]1CCC[C@H](C)N1/N=C/c1ccc(O)c(O)c1. The van der Waals surface area contributed by atoms with Gasteiger partial charge in [-0.15, -0.1) is 0 Å². The predicted molar refractivity (Wildman–Crippen MR) is 72.0 cm³/mol. The third kappa shape index (κ3) is 2.75. The number of rotatable bonds is 2. The molecule has 0 amide bonds. The van der Waals surface area contributed by atoms with Gasteiger partial charge in [-0.25, -0.2) is 0 Å². The van der Waals surface area contributed by atoms with E-state index in [0.717, 1.165) is 5.56 Å². The number of hydrogen-bond acceptors (Lipinski definition) is 4. The van der Waals surface area contributed by atoms with Crippen LogP contribution in [-0.2, 0) is 0 Å². The highest BCUT2D eigenvalue weighted by Crippen LogP contribution is 2.25. The normalized spacial score (nSPS) is 24.7. The average molecular weight is 248 g/mol. The summed E-state index contributed by atoms with van der Waals surface area (Å²) in [6.45, 7) is 4.36. The monoisotopic (exact) mass is 248 g/mol. The van der Waals surface area contributed by atoms with Crippen LogP contribution in [0.4, 0.5) is 0 Å². The number of hydrogen-bond donors (Lipinski definition) is 2.